The van der Waals surface area contributed by atoms with Crippen LogP contribution in [0.15, 0.2) is 18.2 Å². The number of nitrogen functional groups attached to an aromatic ring is 2. The van der Waals surface area contributed by atoms with E-state index in [4.69, 9.17) is 16.2 Å². The van der Waals surface area contributed by atoms with Gasteiger partial charge in [0.2, 0.25) is 0 Å². The summed E-state index contributed by atoms with van der Waals surface area (Å²) in [5.41, 5.74) is 12.6. The zero-order valence-electron chi connectivity index (χ0n) is 7.92. The molecule has 1 rings (SSSR count). The lowest BCUT2D eigenvalue weighted by Gasteiger charge is -2.10. The predicted molar refractivity (Wildman–Crippen MR) is 55.7 cm³/mol. The second-order valence-corrected chi connectivity index (χ2v) is 2.97. The summed E-state index contributed by atoms with van der Waals surface area (Å²) in [6, 6.07) is 5.40. The SMILES string of the molecule is CCCCOc1c(N)cccc1N. The highest BCUT2D eigenvalue weighted by molar-refractivity contribution is 5.66. The fourth-order valence-corrected chi connectivity index (χ4v) is 1.06. The van der Waals surface area contributed by atoms with Gasteiger partial charge < -0.3 is 16.2 Å². The van der Waals surface area contributed by atoms with Crippen molar-refractivity contribution in [2.45, 2.75) is 19.8 Å². The summed E-state index contributed by atoms with van der Waals surface area (Å²) in [6.45, 7) is 2.79. The third kappa shape index (κ3) is 2.54. The van der Waals surface area contributed by atoms with Gasteiger partial charge in [0.25, 0.3) is 0 Å². The van der Waals surface area contributed by atoms with Crippen molar-refractivity contribution in [1.82, 2.24) is 0 Å². The van der Waals surface area contributed by atoms with E-state index in [-0.39, 0.29) is 0 Å². The second kappa shape index (κ2) is 4.60. The van der Waals surface area contributed by atoms with Gasteiger partial charge >= 0.3 is 0 Å². The van der Waals surface area contributed by atoms with Crippen LogP contribution in [-0.4, -0.2) is 6.61 Å². The normalized spacial score (nSPS) is 9.92. The van der Waals surface area contributed by atoms with Gasteiger partial charge in [0.05, 0.1) is 18.0 Å². The number of benzene rings is 1. The van der Waals surface area contributed by atoms with Crippen LogP contribution in [-0.2, 0) is 0 Å². The number of anilines is 2. The Hall–Kier alpha value is -1.38. The van der Waals surface area contributed by atoms with E-state index in [2.05, 4.69) is 6.92 Å². The molecule has 0 amide bonds. The molecular weight excluding hydrogens is 164 g/mol. The maximum atomic E-state index is 5.70. The van der Waals surface area contributed by atoms with Crippen molar-refractivity contribution in [1.29, 1.82) is 0 Å². The van der Waals surface area contributed by atoms with Crippen molar-refractivity contribution in [3.05, 3.63) is 18.2 Å². The maximum Gasteiger partial charge on any atom is 0.165 e. The fourth-order valence-electron chi connectivity index (χ4n) is 1.06. The lowest BCUT2D eigenvalue weighted by molar-refractivity contribution is 0.312. The largest absolute Gasteiger partial charge is 0.489 e. The molecule has 0 aromatic heterocycles. The lowest BCUT2D eigenvalue weighted by Crippen LogP contribution is -2.02. The van der Waals surface area contributed by atoms with Crippen LogP contribution in [0.3, 0.4) is 0 Å². The molecule has 0 saturated carbocycles. The lowest BCUT2D eigenvalue weighted by atomic mass is 10.2. The number of para-hydroxylation sites is 1. The number of ether oxygens (including phenoxy) is 1. The van der Waals surface area contributed by atoms with E-state index in [1.165, 1.54) is 0 Å². The first-order valence-corrected chi connectivity index (χ1v) is 4.52. The Morgan fingerprint density at radius 3 is 2.38 bits per heavy atom. The van der Waals surface area contributed by atoms with Crippen LogP contribution in [0.5, 0.6) is 5.75 Å². The number of hydrogen-bond donors (Lipinski definition) is 2. The first kappa shape index (κ1) is 9.71. The van der Waals surface area contributed by atoms with Crippen LogP contribution in [0.4, 0.5) is 11.4 Å². The second-order valence-electron chi connectivity index (χ2n) is 2.97. The highest BCUT2D eigenvalue weighted by atomic mass is 16.5. The molecule has 3 nitrogen and oxygen atoms in total. The summed E-state index contributed by atoms with van der Waals surface area (Å²) in [5, 5.41) is 0. The fraction of sp³-hybridized carbons (Fsp3) is 0.400. The highest BCUT2D eigenvalue weighted by Crippen LogP contribution is 2.28. The summed E-state index contributed by atoms with van der Waals surface area (Å²) < 4.78 is 5.46. The van der Waals surface area contributed by atoms with Gasteiger partial charge in [-0.15, -0.1) is 0 Å². The van der Waals surface area contributed by atoms with Gasteiger partial charge in [-0.05, 0) is 18.6 Å². The first-order valence-electron chi connectivity index (χ1n) is 4.52. The van der Waals surface area contributed by atoms with Crippen molar-refractivity contribution in [3.8, 4) is 5.75 Å². The van der Waals surface area contributed by atoms with Gasteiger partial charge in [-0.25, -0.2) is 0 Å². The van der Waals surface area contributed by atoms with Gasteiger partial charge in [-0.2, -0.15) is 0 Å². The standard InChI is InChI=1S/C10H16N2O/c1-2-3-7-13-10-8(11)5-4-6-9(10)12/h4-6H,2-3,7,11-12H2,1H3. The Morgan fingerprint density at radius 1 is 1.23 bits per heavy atom. The number of unbranched alkanes of at least 4 members (excludes halogenated alkanes) is 1. The monoisotopic (exact) mass is 180 g/mol. The molecule has 0 bridgehead atoms. The van der Waals surface area contributed by atoms with Gasteiger partial charge in [0.1, 0.15) is 0 Å². The van der Waals surface area contributed by atoms with Crippen molar-refractivity contribution < 1.29 is 4.74 Å². The molecule has 0 spiro atoms. The van der Waals surface area contributed by atoms with E-state index in [0.29, 0.717) is 23.7 Å². The van der Waals surface area contributed by atoms with E-state index >= 15 is 0 Å². The minimum absolute atomic E-state index is 0.608. The Kier molecular flexibility index (Phi) is 3.43. The molecule has 1 aromatic rings. The zero-order chi connectivity index (χ0) is 9.68. The molecule has 0 saturated heterocycles. The van der Waals surface area contributed by atoms with Crippen molar-refractivity contribution >= 4 is 11.4 Å². The molecule has 0 fully saturated rings. The van der Waals surface area contributed by atoms with E-state index in [9.17, 15) is 0 Å². The van der Waals surface area contributed by atoms with Crippen LogP contribution < -0.4 is 16.2 Å². The maximum absolute atomic E-state index is 5.70. The van der Waals surface area contributed by atoms with Crippen molar-refractivity contribution in [2.24, 2.45) is 0 Å². The molecule has 0 heterocycles. The number of rotatable bonds is 4. The van der Waals surface area contributed by atoms with Gasteiger partial charge in [-0.1, -0.05) is 19.4 Å². The molecule has 72 valence electrons. The summed E-state index contributed by atoms with van der Waals surface area (Å²) in [4.78, 5) is 0. The van der Waals surface area contributed by atoms with Crippen LogP contribution in [0.25, 0.3) is 0 Å². The van der Waals surface area contributed by atoms with Gasteiger partial charge in [-0.3, -0.25) is 0 Å². The zero-order valence-corrected chi connectivity index (χ0v) is 7.92. The van der Waals surface area contributed by atoms with Crippen molar-refractivity contribution in [2.75, 3.05) is 18.1 Å². The first-order chi connectivity index (χ1) is 6.25. The summed E-state index contributed by atoms with van der Waals surface area (Å²) >= 11 is 0. The molecule has 0 unspecified atom stereocenters. The summed E-state index contributed by atoms with van der Waals surface area (Å²) in [7, 11) is 0. The van der Waals surface area contributed by atoms with Gasteiger partial charge in [0.15, 0.2) is 5.75 Å². The Balaban J connectivity index is 2.64. The Bertz CT molecular complexity index is 253. The average Bonchev–Trinajstić information content (AvgIpc) is 2.10. The molecule has 13 heavy (non-hydrogen) atoms. The minimum atomic E-state index is 0.608. The number of hydrogen-bond acceptors (Lipinski definition) is 3. The molecule has 1 aromatic carbocycles. The van der Waals surface area contributed by atoms with Gasteiger partial charge in [0, 0.05) is 0 Å². The minimum Gasteiger partial charge on any atom is -0.489 e. The van der Waals surface area contributed by atoms with E-state index in [0.717, 1.165) is 12.8 Å². The molecule has 0 aliphatic carbocycles. The van der Waals surface area contributed by atoms with E-state index in [1.54, 1.807) is 12.1 Å². The number of nitrogens with two attached hydrogens (primary N) is 2. The van der Waals surface area contributed by atoms with Crippen molar-refractivity contribution in [3.63, 3.8) is 0 Å². The predicted octanol–water partition coefficient (Wildman–Crippen LogP) is 2.03. The Labute approximate surface area is 78.7 Å². The third-order valence-electron chi connectivity index (χ3n) is 1.82. The molecule has 0 radical (unpaired) electrons. The van der Waals surface area contributed by atoms with Crippen LogP contribution in [0, 0.1) is 0 Å². The summed E-state index contributed by atoms with van der Waals surface area (Å²) in [5.74, 6) is 0.621. The summed E-state index contributed by atoms with van der Waals surface area (Å²) in [6.07, 6.45) is 2.13. The average molecular weight is 180 g/mol. The smallest absolute Gasteiger partial charge is 0.165 e. The Morgan fingerprint density at radius 2 is 1.85 bits per heavy atom. The van der Waals surface area contributed by atoms with E-state index in [1.807, 2.05) is 6.07 Å². The highest BCUT2D eigenvalue weighted by Gasteiger charge is 2.03. The van der Waals surface area contributed by atoms with E-state index < -0.39 is 0 Å². The van der Waals surface area contributed by atoms with Crippen LogP contribution in [0.2, 0.25) is 0 Å². The molecule has 0 aliphatic heterocycles. The molecule has 0 atom stereocenters. The molecule has 0 aliphatic rings. The van der Waals surface area contributed by atoms with Crippen LogP contribution in [0.1, 0.15) is 19.8 Å². The molecule has 4 N–H and O–H groups in total. The molecular formula is C10H16N2O. The third-order valence-corrected chi connectivity index (χ3v) is 1.82. The molecule has 3 heteroatoms. The topological polar surface area (TPSA) is 61.3 Å². The quantitative estimate of drug-likeness (QED) is 0.550. The van der Waals surface area contributed by atoms with Crippen LogP contribution >= 0.6 is 0 Å².